The van der Waals surface area contributed by atoms with E-state index >= 15 is 0 Å². The molecular weight excluding hydrogens is 209 g/mol. The Morgan fingerprint density at radius 2 is 2.38 bits per heavy atom. The van der Waals surface area contributed by atoms with E-state index in [0.717, 1.165) is 19.4 Å². The van der Waals surface area contributed by atoms with Crippen molar-refractivity contribution >= 4 is 23.2 Å². The molecule has 1 aliphatic rings. The normalized spacial score (nSPS) is 32.2. The maximum Gasteiger partial charge on any atom is 0.0746 e. The Morgan fingerprint density at radius 3 is 2.92 bits per heavy atom. The van der Waals surface area contributed by atoms with Crippen molar-refractivity contribution in [2.24, 2.45) is 0 Å². The van der Waals surface area contributed by atoms with Crippen LogP contribution in [0.15, 0.2) is 10.6 Å². The van der Waals surface area contributed by atoms with Crippen LogP contribution in [-0.4, -0.2) is 35.2 Å². The number of piperidine rings is 1. The number of hydrogen-bond donors (Lipinski definition) is 1. The molecule has 0 bridgehead atoms. The van der Waals surface area contributed by atoms with Crippen LogP contribution < -0.4 is 0 Å². The summed E-state index contributed by atoms with van der Waals surface area (Å²) in [6, 6.07) is 0. The molecule has 0 radical (unpaired) electrons. The standard InChI is InChI=1S/C9H15Cl2NO/c1-9(13)3-2-4-12(7-9)6-8(11)5-10/h5,13H,2-4,6-7H2,1H3. The fraction of sp³-hybridized carbons (Fsp3) is 0.778. The minimum Gasteiger partial charge on any atom is -0.389 e. The van der Waals surface area contributed by atoms with Gasteiger partial charge in [-0.1, -0.05) is 23.2 Å². The maximum absolute atomic E-state index is 9.79. The molecule has 1 unspecified atom stereocenters. The summed E-state index contributed by atoms with van der Waals surface area (Å²) < 4.78 is 0. The monoisotopic (exact) mass is 223 g/mol. The van der Waals surface area contributed by atoms with E-state index in [2.05, 4.69) is 4.90 Å². The van der Waals surface area contributed by atoms with Crippen LogP contribution in [0, 0.1) is 0 Å². The molecule has 2 nitrogen and oxygen atoms in total. The van der Waals surface area contributed by atoms with E-state index in [-0.39, 0.29) is 0 Å². The average Bonchev–Trinajstić information content (AvgIpc) is 2.02. The quantitative estimate of drug-likeness (QED) is 0.776. The number of likely N-dealkylation sites (tertiary alicyclic amines) is 1. The third-order valence-corrected chi connectivity index (χ3v) is 2.85. The van der Waals surface area contributed by atoms with Gasteiger partial charge in [0.1, 0.15) is 0 Å². The van der Waals surface area contributed by atoms with Crippen LogP contribution in [0.3, 0.4) is 0 Å². The topological polar surface area (TPSA) is 23.5 Å². The molecule has 0 saturated carbocycles. The lowest BCUT2D eigenvalue weighted by atomic mass is 9.95. The fourth-order valence-corrected chi connectivity index (χ4v) is 1.94. The van der Waals surface area contributed by atoms with Crippen LogP contribution >= 0.6 is 23.2 Å². The molecule has 76 valence electrons. The summed E-state index contributed by atoms with van der Waals surface area (Å²) in [5.41, 5.74) is 0.812. The molecule has 0 aliphatic carbocycles. The van der Waals surface area contributed by atoms with Gasteiger partial charge in [-0.25, -0.2) is 0 Å². The molecule has 0 aromatic rings. The molecule has 13 heavy (non-hydrogen) atoms. The molecule has 0 spiro atoms. The molecule has 1 aliphatic heterocycles. The van der Waals surface area contributed by atoms with E-state index in [4.69, 9.17) is 23.2 Å². The zero-order valence-electron chi connectivity index (χ0n) is 7.76. The first-order valence-electron chi connectivity index (χ1n) is 4.43. The van der Waals surface area contributed by atoms with Gasteiger partial charge in [0.05, 0.1) is 5.60 Å². The molecule has 1 atom stereocenters. The summed E-state index contributed by atoms with van der Waals surface area (Å²) in [6.45, 7) is 4.16. The van der Waals surface area contributed by atoms with Crippen molar-refractivity contribution in [2.45, 2.75) is 25.4 Å². The van der Waals surface area contributed by atoms with Crippen LogP contribution in [0.1, 0.15) is 19.8 Å². The summed E-state index contributed by atoms with van der Waals surface area (Å²) in [5, 5.41) is 10.4. The highest BCUT2D eigenvalue weighted by Gasteiger charge is 2.28. The Morgan fingerprint density at radius 1 is 1.69 bits per heavy atom. The molecule has 1 fully saturated rings. The van der Waals surface area contributed by atoms with Crippen LogP contribution in [0.25, 0.3) is 0 Å². The van der Waals surface area contributed by atoms with Gasteiger partial charge in [0, 0.05) is 23.7 Å². The number of β-amino-alcohol motifs (C(OH)–C–C–N with tert-alkyl or cyclic N) is 1. The lowest BCUT2D eigenvalue weighted by Crippen LogP contribution is -2.46. The number of hydrogen-bond acceptors (Lipinski definition) is 2. The van der Waals surface area contributed by atoms with Gasteiger partial charge in [0.25, 0.3) is 0 Å². The number of rotatable bonds is 2. The van der Waals surface area contributed by atoms with Gasteiger partial charge in [0.2, 0.25) is 0 Å². The van der Waals surface area contributed by atoms with Crippen LogP contribution in [0.4, 0.5) is 0 Å². The average molecular weight is 224 g/mol. The highest BCUT2D eigenvalue weighted by Crippen LogP contribution is 2.21. The molecule has 0 aromatic heterocycles. The summed E-state index contributed by atoms with van der Waals surface area (Å²) in [5.74, 6) is 0. The highest BCUT2D eigenvalue weighted by atomic mass is 35.5. The minimum absolute atomic E-state index is 0.568. The van der Waals surface area contributed by atoms with E-state index in [0.29, 0.717) is 18.1 Å². The first-order chi connectivity index (χ1) is 6.03. The second-order valence-electron chi connectivity index (χ2n) is 3.87. The second-order valence-corrected chi connectivity index (χ2v) is 4.57. The van der Waals surface area contributed by atoms with Gasteiger partial charge in [-0.05, 0) is 26.3 Å². The Bertz CT molecular complexity index is 204. The van der Waals surface area contributed by atoms with Gasteiger partial charge >= 0.3 is 0 Å². The first kappa shape index (κ1) is 11.3. The fourth-order valence-electron chi connectivity index (χ4n) is 1.71. The van der Waals surface area contributed by atoms with Gasteiger partial charge in [0.15, 0.2) is 0 Å². The molecule has 1 heterocycles. The van der Waals surface area contributed by atoms with Gasteiger partial charge in [-0.3, -0.25) is 4.90 Å². The van der Waals surface area contributed by atoms with Crippen molar-refractivity contribution in [3.05, 3.63) is 10.6 Å². The molecule has 1 rings (SSSR count). The summed E-state index contributed by atoms with van der Waals surface area (Å²) in [7, 11) is 0. The summed E-state index contributed by atoms with van der Waals surface area (Å²) in [6.07, 6.45) is 1.88. The second kappa shape index (κ2) is 4.65. The van der Waals surface area contributed by atoms with Crippen molar-refractivity contribution in [3.8, 4) is 0 Å². The third kappa shape index (κ3) is 3.86. The Balaban J connectivity index is 2.43. The van der Waals surface area contributed by atoms with Crippen molar-refractivity contribution in [3.63, 3.8) is 0 Å². The van der Waals surface area contributed by atoms with Crippen molar-refractivity contribution in [1.29, 1.82) is 0 Å². The zero-order chi connectivity index (χ0) is 9.90. The van der Waals surface area contributed by atoms with Crippen LogP contribution in [0.5, 0.6) is 0 Å². The molecule has 0 amide bonds. The largest absolute Gasteiger partial charge is 0.389 e. The summed E-state index contributed by atoms with van der Waals surface area (Å²) >= 11 is 11.3. The molecule has 1 N–H and O–H groups in total. The number of nitrogens with zero attached hydrogens (tertiary/aromatic N) is 1. The van der Waals surface area contributed by atoms with Gasteiger partial charge in [-0.15, -0.1) is 0 Å². The van der Waals surface area contributed by atoms with Crippen LogP contribution in [-0.2, 0) is 0 Å². The van der Waals surface area contributed by atoms with E-state index < -0.39 is 5.60 Å². The molecule has 4 heteroatoms. The zero-order valence-corrected chi connectivity index (χ0v) is 9.28. The number of halogens is 2. The first-order valence-corrected chi connectivity index (χ1v) is 5.24. The van der Waals surface area contributed by atoms with Crippen molar-refractivity contribution in [2.75, 3.05) is 19.6 Å². The van der Waals surface area contributed by atoms with Gasteiger partial charge < -0.3 is 5.11 Å². The summed E-state index contributed by atoms with van der Waals surface area (Å²) in [4.78, 5) is 2.12. The maximum atomic E-state index is 9.79. The predicted molar refractivity (Wildman–Crippen MR) is 56.1 cm³/mol. The van der Waals surface area contributed by atoms with Crippen molar-refractivity contribution in [1.82, 2.24) is 4.90 Å². The minimum atomic E-state index is -0.568. The lowest BCUT2D eigenvalue weighted by Gasteiger charge is -2.36. The predicted octanol–water partition coefficient (Wildman–Crippen LogP) is 2.15. The highest BCUT2D eigenvalue weighted by molar-refractivity contribution is 6.36. The number of aliphatic hydroxyl groups is 1. The Kier molecular flexibility index (Phi) is 4.05. The van der Waals surface area contributed by atoms with Crippen molar-refractivity contribution < 1.29 is 5.11 Å². The third-order valence-electron chi connectivity index (χ3n) is 2.25. The van der Waals surface area contributed by atoms with Gasteiger partial charge in [-0.2, -0.15) is 0 Å². The Labute approximate surface area is 89.1 Å². The van der Waals surface area contributed by atoms with E-state index in [1.54, 1.807) is 0 Å². The smallest absolute Gasteiger partial charge is 0.0746 e. The van der Waals surface area contributed by atoms with E-state index in [1.807, 2.05) is 6.92 Å². The molecular formula is C9H15Cl2NO. The SMILES string of the molecule is CC1(O)CCCN(CC(Cl)=CCl)C1. The molecule has 0 aromatic carbocycles. The van der Waals surface area contributed by atoms with Crippen LogP contribution in [0.2, 0.25) is 0 Å². The van der Waals surface area contributed by atoms with E-state index in [9.17, 15) is 5.11 Å². The molecule has 1 saturated heterocycles. The van der Waals surface area contributed by atoms with E-state index in [1.165, 1.54) is 5.54 Å². The lowest BCUT2D eigenvalue weighted by molar-refractivity contribution is -0.0119. The Hall–Kier alpha value is 0.240.